The number of aromatic nitrogens is 3. The monoisotopic (exact) mass is 282 g/mol. The molecule has 100 valence electrons. The lowest BCUT2D eigenvalue weighted by Crippen LogP contribution is -2.33. The van der Waals surface area contributed by atoms with Crippen molar-refractivity contribution in [3.63, 3.8) is 0 Å². The van der Waals surface area contributed by atoms with E-state index in [9.17, 15) is 9.59 Å². The smallest absolute Gasteiger partial charge is 0.331 e. The van der Waals surface area contributed by atoms with Crippen LogP contribution >= 0.6 is 11.6 Å². The normalized spacial score (nSPS) is 12.1. The zero-order chi connectivity index (χ0) is 14.0. The van der Waals surface area contributed by atoms with Crippen molar-refractivity contribution < 1.29 is 14.7 Å². The van der Waals surface area contributed by atoms with Crippen LogP contribution in [0.25, 0.3) is 0 Å². The number of nitrogens with one attached hydrogen (secondary N) is 2. The molecule has 0 spiro atoms. The van der Waals surface area contributed by atoms with E-state index in [1.807, 2.05) is 0 Å². The van der Waals surface area contributed by atoms with Gasteiger partial charge in [-0.25, -0.2) is 4.79 Å². The molecule has 0 aliphatic rings. The molecule has 0 bridgehead atoms. The second-order valence-corrected chi connectivity index (χ2v) is 4.36. The number of carboxylic acid groups (broad SMARTS) is 1. The number of H-pyrrole nitrogens is 1. The van der Waals surface area contributed by atoms with Gasteiger partial charge in [-0.2, -0.15) is 5.10 Å². The van der Waals surface area contributed by atoms with Gasteiger partial charge in [0.05, 0.1) is 11.2 Å². The quantitative estimate of drug-likeness (QED) is 0.777. The van der Waals surface area contributed by atoms with Crippen molar-refractivity contribution in [2.24, 2.45) is 7.05 Å². The number of hydrogen-bond acceptors (Lipinski definition) is 3. The van der Waals surface area contributed by atoms with Crippen molar-refractivity contribution in [3.05, 3.63) is 40.9 Å². The zero-order valence-corrected chi connectivity index (χ0v) is 10.7. The Kier molecular flexibility index (Phi) is 3.57. The zero-order valence-electron chi connectivity index (χ0n) is 9.92. The number of rotatable bonds is 4. The predicted molar refractivity (Wildman–Crippen MR) is 66.9 cm³/mol. The van der Waals surface area contributed by atoms with Gasteiger partial charge in [0.15, 0.2) is 6.04 Å². The van der Waals surface area contributed by atoms with Crippen LogP contribution in [0.4, 0.5) is 0 Å². The van der Waals surface area contributed by atoms with E-state index in [1.165, 1.54) is 29.3 Å². The Morgan fingerprint density at radius 3 is 2.79 bits per heavy atom. The molecule has 1 unspecified atom stereocenters. The van der Waals surface area contributed by atoms with Gasteiger partial charge in [-0.3, -0.25) is 9.48 Å². The molecular weight excluding hydrogens is 272 g/mol. The first kappa shape index (κ1) is 13.2. The summed E-state index contributed by atoms with van der Waals surface area (Å²) in [6.07, 6.45) is 4.36. The number of halogens is 1. The number of amides is 1. The molecule has 0 radical (unpaired) electrons. The summed E-state index contributed by atoms with van der Waals surface area (Å²) in [5, 5.41) is 15.8. The Labute approximate surface area is 113 Å². The van der Waals surface area contributed by atoms with E-state index < -0.39 is 17.9 Å². The Balaban J connectivity index is 2.18. The maximum atomic E-state index is 11.9. The number of aryl methyl sites for hydroxylation is 1. The third kappa shape index (κ3) is 2.94. The molecular formula is C11H11ClN4O3. The van der Waals surface area contributed by atoms with Crippen molar-refractivity contribution in [2.45, 2.75) is 6.04 Å². The highest BCUT2D eigenvalue weighted by molar-refractivity contribution is 6.31. The summed E-state index contributed by atoms with van der Waals surface area (Å²) in [6, 6.07) is 0.252. The van der Waals surface area contributed by atoms with Crippen molar-refractivity contribution in [1.29, 1.82) is 0 Å². The molecule has 8 heteroatoms. The van der Waals surface area contributed by atoms with Crippen LogP contribution in [0, 0.1) is 0 Å². The number of nitrogens with zero attached hydrogens (tertiary/aromatic N) is 2. The van der Waals surface area contributed by atoms with Gasteiger partial charge in [-0.1, -0.05) is 11.6 Å². The molecule has 0 saturated carbocycles. The highest BCUT2D eigenvalue weighted by Gasteiger charge is 2.24. The molecule has 3 N–H and O–H groups in total. The van der Waals surface area contributed by atoms with E-state index in [-0.39, 0.29) is 5.69 Å². The third-order valence-electron chi connectivity index (χ3n) is 2.47. The molecule has 0 aliphatic heterocycles. The van der Waals surface area contributed by atoms with E-state index in [1.54, 1.807) is 7.05 Å². The Morgan fingerprint density at radius 2 is 2.32 bits per heavy atom. The summed E-state index contributed by atoms with van der Waals surface area (Å²) in [4.78, 5) is 25.7. The maximum Gasteiger partial charge on any atom is 0.331 e. The Hall–Kier alpha value is -2.28. The number of hydrogen-bond donors (Lipinski definition) is 3. The molecule has 7 nitrogen and oxygen atoms in total. The lowest BCUT2D eigenvalue weighted by molar-refractivity contribution is -0.139. The van der Waals surface area contributed by atoms with Crippen molar-refractivity contribution in [2.75, 3.05) is 0 Å². The van der Waals surface area contributed by atoms with Crippen LogP contribution in [0.2, 0.25) is 5.02 Å². The molecule has 2 aromatic rings. The van der Waals surface area contributed by atoms with Crippen molar-refractivity contribution in [3.8, 4) is 0 Å². The summed E-state index contributed by atoms with van der Waals surface area (Å²) >= 11 is 5.68. The fourth-order valence-corrected chi connectivity index (χ4v) is 1.75. The van der Waals surface area contributed by atoms with Gasteiger partial charge < -0.3 is 15.4 Å². The molecule has 19 heavy (non-hydrogen) atoms. The second kappa shape index (κ2) is 5.15. The molecule has 1 atom stereocenters. The van der Waals surface area contributed by atoms with Gasteiger partial charge in [-0.15, -0.1) is 0 Å². The van der Waals surface area contributed by atoms with Crippen LogP contribution in [-0.2, 0) is 11.8 Å². The number of aliphatic carboxylic acids is 1. The van der Waals surface area contributed by atoms with Gasteiger partial charge in [0.2, 0.25) is 0 Å². The largest absolute Gasteiger partial charge is 0.479 e. The molecule has 0 fully saturated rings. The number of aromatic amines is 1. The first-order chi connectivity index (χ1) is 8.97. The summed E-state index contributed by atoms with van der Waals surface area (Å²) in [5.74, 6) is -1.72. The predicted octanol–water partition coefficient (Wildman–Crippen LogP) is 0.957. The Morgan fingerprint density at radius 1 is 1.58 bits per heavy atom. The lowest BCUT2D eigenvalue weighted by atomic mass is 10.1. The molecule has 2 heterocycles. The van der Waals surface area contributed by atoms with E-state index in [2.05, 4.69) is 15.4 Å². The van der Waals surface area contributed by atoms with Crippen LogP contribution in [0.1, 0.15) is 22.1 Å². The Bertz CT molecular complexity index is 619. The topological polar surface area (TPSA) is 100 Å². The van der Waals surface area contributed by atoms with Gasteiger partial charge in [0.25, 0.3) is 5.91 Å². The number of carbonyl (C=O) groups excluding carboxylic acids is 1. The first-order valence-electron chi connectivity index (χ1n) is 5.33. The van der Waals surface area contributed by atoms with Gasteiger partial charge in [-0.05, 0) is 6.07 Å². The molecule has 2 aromatic heterocycles. The average Bonchev–Trinajstić information content (AvgIpc) is 2.94. The highest BCUT2D eigenvalue weighted by atomic mass is 35.5. The van der Waals surface area contributed by atoms with E-state index in [4.69, 9.17) is 16.7 Å². The van der Waals surface area contributed by atoms with Crippen LogP contribution in [0.5, 0.6) is 0 Å². The van der Waals surface area contributed by atoms with Crippen molar-refractivity contribution in [1.82, 2.24) is 20.1 Å². The van der Waals surface area contributed by atoms with E-state index in [0.717, 1.165) is 0 Å². The van der Waals surface area contributed by atoms with Crippen LogP contribution in [0.15, 0.2) is 24.7 Å². The highest BCUT2D eigenvalue weighted by Crippen LogP contribution is 2.14. The van der Waals surface area contributed by atoms with Crippen LogP contribution in [0.3, 0.4) is 0 Å². The third-order valence-corrected chi connectivity index (χ3v) is 2.69. The fourth-order valence-electron chi connectivity index (χ4n) is 1.58. The minimum Gasteiger partial charge on any atom is -0.479 e. The summed E-state index contributed by atoms with van der Waals surface area (Å²) in [7, 11) is 1.66. The van der Waals surface area contributed by atoms with Gasteiger partial charge in [0, 0.05) is 25.0 Å². The summed E-state index contributed by atoms with van der Waals surface area (Å²) < 4.78 is 1.46. The number of carbonyl (C=O) groups is 2. The second-order valence-electron chi connectivity index (χ2n) is 3.92. The minimum absolute atomic E-state index is 0.195. The minimum atomic E-state index is -1.17. The SMILES string of the molecule is Cn1cc(C(NC(=O)c2cc(Cl)c[nH]2)C(=O)O)cn1. The molecule has 0 saturated heterocycles. The van der Waals surface area contributed by atoms with E-state index in [0.29, 0.717) is 10.6 Å². The molecule has 0 aromatic carbocycles. The van der Waals surface area contributed by atoms with Crippen molar-refractivity contribution >= 4 is 23.5 Å². The van der Waals surface area contributed by atoms with Crippen LogP contribution < -0.4 is 5.32 Å². The summed E-state index contributed by atoms with van der Waals surface area (Å²) in [5.41, 5.74) is 0.584. The molecule has 2 rings (SSSR count). The first-order valence-corrected chi connectivity index (χ1v) is 5.71. The fraction of sp³-hybridized carbons (Fsp3) is 0.182. The lowest BCUT2D eigenvalue weighted by Gasteiger charge is -2.11. The standard InChI is InChI=1S/C11H11ClN4O3/c1-16-5-6(3-14-16)9(11(18)19)15-10(17)8-2-7(12)4-13-8/h2-5,9,13H,1H3,(H,15,17)(H,18,19). The van der Waals surface area contributed by atoms with Crippen LogP contribution in [-0.4, -0.2) is 31.7 Å². The van der Waals surface area contributed by atoms with Gasteiger partial charge in [0.1, 0.15) is 5.69 Å². The molecule has 0 aliphatic carbocycles. The number of carboxylic acids is 1. The van der Waals surface area contributed by atoms with Gasteiger partial charge >= 0.3 is 5.97 Å². The maximum absolute atomic E-state index is 11.9. The van der Waals surface area contributed by atoms with E-state index >= 15 is 0 Å². The summed E-state index contributed by atoms with van der Waals surface area (Å²) in [6.45, 7) is 0. The molecule has 1 amide bonds. The average molecular weight is 283 g/mol.